The fraction of sp³-hybridized carbons (Fsp3) is 0.316. The maximum Gasteiger partial charge on any atom is 0.416 e. The van der Waals surface area contributed by atoms with Gasteiger partial charge < -0.3 is 25.6 Å². The molecule has 1 aromatic heterocycles. The molecule has 0 radical (unpaired) electrons. The van der Waals surface area contributed by atoms with Gasteiger partial charge in [-0.15, -0.1) is 0 Å². The van der Waals surface area contributed by atoms with Gasteiger partial charge in [-0.2, -0.15) is 13.2 Å². The summed E-state index contributed by atoms with van der Waals surface area (Å²) in [5.41, 5.74) is 2.83. The largest absolute Gasteiger partial charge is 0.416 e. The van der Waals surface area contributed by atoms with Crippen LogP contribution in [-0.4, -0.2) is 80.1 Å². The van der Waals surface area contributed by atoms with Crippen LogP contribution in [0.25, 0.3) is 11.3 Å². The minimum atomic E-state index is -4.49. The van der Waals surface area contributed by atoms with Crippen LogP contribution in [-0.2, 0) is 17.5 Å². The van der Waals surface area contributed by atoms with E-state index in [0.717, 1.165) is 56.8 Å². The Balaban J connectivity index is 1.18. The molecule has 3 aromatic carbocycles. The molecule has 2 saturated heterocycles. The number of hydrogen-bond acceptors (Lipinski definition) is 7. The van der Waals surface area contributed by atoms with E-state index in [4.69, 9.17) is 4.74 Å². The molecule has 4 aromatic rings. The predicted molar refractivity (Wildman–Crippen MR) is 188 cm³/mol. The standard InChI is InChI=1S/C38H39F3N6O4/c39-38(40,41)30-8-3-5-26(21-30)25-44-36(49)29-11-12-42-34(23-29)32-24-31(47-14-1-2-15-47)9-10-33(32)45-37(50)28-7-4-6-27(22-28)35(48)43-13-16-46-17-19-51-20-18-46/h3-12,21-24H,1-2,13-20,25H2,(H,43,48)(H,44,49)(H,45,50). The zero-order chi connectivity index (χ0) is 35.8. The number of nitrogens with zero attached hydrogens (tertiary/aromatic N) is 3. The number of alkyl halides is 3. The summed E-state index contributed by atoms with van der Waals surface area (Å²) in [5.74, 6) is -1.19. The molecule has 51 heavy (non-hydrogen) atoms. The summed E-state index contributed by atoms with van der Waals surface area (Å²) in [4.78, 5) is 48.6. The Bertz CT molecular complexity index is 1870. The Morgan fingerprint density at radius 3 is 2.24 bits per heavy atom. The molecule has 2 aliphatic rings. The van der Waals surface area contributed by atoms with Gasteiger partial charge in [-0.25, -0.2) is 0 Å². The molecule has 6 rings (SSSR count). The average molecular weight is 701 g/mol. The zero-order valence-corrected chi connectivity index (χ0v) is 28.0. The van der Waals surface area contributed by atoms with Crippen LogP contribution in [0.5, 0.6) is 0 Å². The molecule has 3 amide bonds. The van der Waals surface area contributed by atoms with E-state index >= 15 is 0 Å². The fourth-order valence-electron chi connectivity index (χ4n) is 6.14. The Morgan fingerprint density at radius 1 is 0.765 bits per heavy atom. The van der Waals surface area contributed by atoms with Crippen LogP contribution < -0.4 is 20.9 Å². The van der Waals surface area contributed by atoms with Crippen LogP contribution in [0.3, 0.4) is 0 Å². The van der Waals surface area contributed by atoms with Crippen molar-refractivity contribution in [3.05, 3.63) is 113 Å². The number of hydrogen-bond donors (Lipinski definition) is 3. The highest BCUT2D eigenvalue weighted by molar-refractivity contribution is 6.08. The molecule has 0 spiro atoms. The van der Waals surface area contributed by atoms with Crippen LogP contribution in [0.4, 0.5) is 24.5 Å². The van der Waals surface area contributed by atoms with Gasteiger partial charge >= 0.3 is 6.18 Å². The van der Waals surface area contributed by atoms with Crippen molar-refractivity contribution in [2.24, 2.45) is 0 Å². The normalized spacial score (nSPS) is 15.0. The number of aromatic nitrogens is 1. The number of nitrogens with one attached hydrogen (secondary N) is 3. The van der Waals surface area contributed by atoms with Gasteiger partial charge in [-0.1, -0.05) is 18.2 Å². The Hall–Kier alpha value is -5.27. The van der Waals surface area contributed by atoms with Crippen molar-refractivity contribution in [2.45, 2.75) is 25.6 Å². The maximum absolute atomic E-state index is 13.6. The van der Waals surface area contributed by atoms with Gasteiger partial charge in [0.1, 0.15) is 0 Å². The minimum Gasteiger partial charge on any atom is -0.379 e. The van der Waals surface area contributed by atoms with Crippen molar-refractivity contribution in [1.29, 1.82) is 0 Å². The first kappa shape index (κ1) is 35.6. The number of morpholine rings is 1. The fourth-order valence-corrected chi connectivity index (χ4v) is 6.14. The highest BCUT2D eigenvalue weighted by Gasteiger charge is 2.30. The molecule has 0 unspecified atom stereocenters. The number of carbonyl (C=O) groups excluding carboxylic acids is 3. The predicted octanol–water partition coefficient (Wildman–Crippen LogP) is 5.61. The summed E-state index contributed by atoms with van der Waals surface area (Å²) in [6.45, 7) is 5.85. The smallest absolute Gasteiger partial charge is 0.379 e. The second kappa shape index (κ2) is 16.2. The number of amides is 3. The van der Waals surface area contributed by atoms with Crippen LogP contribution >= 0.6 is 0 Å². The number of pyridine rings is 1. The maximum atomic E-state index is 13.6. The number of anilines is 2. The molecule has 0 atom stereocenters. The molecule has 0 saturated carbocycles. The van der Waals surface area contributed by atoms with Crippen molar-refractivity contribution in [3.63, 3.8) is 0 Å². The quantitative estimate of drug-likeness (QED) is 0.186. The van der Waals surface area contributed by atoms with Gasteiger partial charge in [-0.3, -0.25) is 24.3 Å². The van der Waals surface area contributed by atoms with Gasteiger partial charge in [-0.05, 0) is 79.1 Å². The highest BCUT2D eigenvalue weighted by Crippen LogP contribution is 2.34. The van der Waals surface area contributed by atoms with Crippen molar-refractivity contribution >= 4 is 29.1 Å². The minimum absolute atomic E-state index is 0.100. The molecule has 2 fully saturated rings. The van der Waals surface area contributed by atoms with Gasteiger partial charge in [0.2, 0.25) is 0 Å². The van der Waals surface area contributed by atoms with E-state index in [9.17, 15) is 27.6 Å². The first-order valence-electron chi connectivity index (χ1n) is 16.9. The second-order valence-corrected chi connectivity index (χ2v) is 12.5. The van der Waals surface area contributed by atoms with Crippen molar-refractivity contribution < 1.29 is 32.3 Å². The van der Waals surface area contributed by atoms with E-state index in [1.807, 2.05) is 12.1 Å². The summed E-state index contributed by atoms with van der Waals surface area (Å²) in [5, 5.41) is 8.58. The Morgan fingerprint density at radius 2 is 1.47 bits per heavy atom. The number of rotatable bonds is 11. The topological polar surface area (TPSA) is 116 Å². The first-order chi connectivity index (χ1) is 24.6. The molecule has 0 bridgehead atoms. The summed E-state index contributed by atoms with van der Waals surface area (Å²) < 4.78 is 44.9. The van der Waals surface area contributed by atoms with Gasteiger partial charge in [0.15, 0.2) is 0 Å². The molecule has 13 heteroatoms. The summed E-state index contributed by atoms with van der Waals surface area (Å²) >= 11 is 0. The van der Waals surface area contributed by atoms with E-state index in [2.05, 4.69) is 30.7 Å². The lowest BCUT2D eigenvalue weighted by Crippen LogP contribution is -2.41. The average Bonchev–Trinajstić information content (AvgIpc) is 3.70. The zero-order valence-electron chi connectivity index (χ0n) is 28.0. The van der Waals surface area contributed by atoms with Crippen LogP contribution in [0, 0.1) is 0 Å². The van der Waals surface area contributed by atoms with Crippen LogP contribution in [0.2, 0.25) is 0 Å². The lowest BCUT2D eigenvalue weighted by atomic mass is 10.0. The monoisotopic (exact) mass is 700 g/mol. The molecular formula is C38H39F3N6O4. The molecular weight excluding hydrogens is 661 g/mol. The van der Waals surface area contributed by atoms with E-state index in [-0.39, 0.29) is 18.0 Å². The number of halogens is 3. The SMILES string of the molecule is O=C(NCCN1CCOCC1)c1cccc(C(=O)Nc2ccc(N3CCCC3)cc2-c2cc(C(=O)NCc3cccc(C(F)(F)F)c3)ccn2)c1. The highest BCUT2D eigenvalue weighted by atomic mass is 19.4. The molecule has 3 heterocycles. The van der Waals surface area contributed by atoms with Crippen molar-refractivity contribution in [3.8, 4) is 11.3 Å². The molecule has 3 N–H and O–H groups in total. The van der Waals surface area contributed by atoms with Gasteiger partial charge in [0, 0.05) is 80.0 Å². The van der Waals surface area contributed by atoms with Crippen molar-refractivity contribution in [2.75, 3.05) is 62.7 Å². The third kappa shape index (κ3) is 9.30. The van der Waals surface area contributed by atoms with E-state index in [1.54, 1.807) is 36.4 Å². The van der Waals surface area contributed by atoms with Crippen LogP contribution in [0.1, 0.15) is 55.0 Å². The third-order valence-electron chi connectivity index (χ3n) is 8.93. The molecule has 10 nitrogen and oxygen atoms in total. The molecule has 266 valence electrons. The molecule has 0 aliphatic carbocycles. The lowest BCUT2D eigenvalue weighted by molar-refractivity contribution is -0.137. The Labute approximate surface area is 294 Å². The van der Waals surface area contributed by atoms with E-state index in [1.165, 1.54) is 24.4 Å². The molecule has 2 aliphatic heterocycles. The second-order valence-electron chi connectivity index (χ2n) is 12.5. The van der Waals surface area contributed by atoms with Crippen LogP contribution in [0.15, 0.2) is 85.1 Å². The number of benzene rings is 3. The van der Waals surface area contributed by atoms with E-state index in [0.29, 0.717) is 59.9 Å². The lowest BCUT2D eigenvalue weighted by Gasteiger charge is -2.26. The summed E-state index contributed by atoms with van der Waals surface area (Å²) in [7, 11) is 0. The number of ether oxygens (including phenoxy) is 1. The van der Waals surface area contributed by atoms with E-state index < -0.39 is 23.6 Å². The summed E-state index contributed by atoms with van der Waals surface area (Å²) in [6.07, 6.45) is -0.892. The van der Waals surface area contributed by atoms with Gasteiger partial charge in [0.05, 0.1) is 30.2 Å². The summed E-state index contributed by atoms with van der Waals surface area (Å²) in [6, 6.07) is 20.0. The Kier molecular flexibility index (Phi) is 11.3. The first-order valence-corrected chi connectivity index (χ1v) is 16.9. The van der Waals surface area contributed by atoms with Crippen molar-refractivity contribution in [1.82, 2.24) is 20.5 Å². The third-order valence-corrected chi connectivity index (χ3v) is 8.93. The van der Waals surface area contributed by atoms with Gasteiger partial charge in [0.25, 0.3) is 17.7 Å². The number of carbonyl (C=O) groups is 3.